The Hall–Kier alpha value is -2.08. The minimum absolute atomic E-state index is 0. The highest BCUT2D eigenvalue weighted by Crippen LogP contribution is 2.27. The van der Waals surface area contributed by atoms with Crippen LogP contribution in [-0.4, -0.2) is 77.2 Å². The van der Waals surface area contributed by atoms with Crippen molar-refractivity contribution in [1.29, 1.82) is 0 Å². The lowest BCUT2D eigenvalue weighted by Crippen LogP contribution is -2.52. The van der Waals surface area contributed by atoms with Crippen molar-refractivity contribution in [3.05, 3.63) is 35.9 Å². The van der Waals surface area contributed by atoms with Crippen LogP contribution in [0.5, 0.6) is 5.75 Å². The monoisotopic (exact) mass is 529 g/mol. The second-order valence-corrected chi connectivity index (χ2v) is 7.10. The lowest BCUT2D eigenvalue weighted by atomic mass is 10.2. The number of rotatable bonds is 7. The highest BCUT2D eigenvalue weighted by Gasteiger charge is 2.21. The summed E-state index contributed by atoms with van der Waals surface area (Å²) in [5, 5.41) is 21.9. The molecule has 0 saturated carbocycles. The maximum Gasteiger partial charge on any atom is 0.194 e. The van der Waals surface area contributed by atoms with E-state index in [1.165, 1.54) is 0 Å². The molecule has 10 heteroatoms. The zero-order valence-electron chi connectivity index (χ0n) is 17.9. The Morgan fingerprint density at radius 2 is 1.93 bits per heavy atom. The van der Waals surface area contributed by atoms with Crippen molar-refractivity contribution in [3.63, 3.8) is 0 Å². The van der Waals surface area contributed by atoms with Crippen molar-refractivity contribution in [3.8, 4) is 5.75 Å². The van der Waals surface area contributed by atoms with E-state index in [0.717, 1.165) is 62.4 Å². The number of phenolic OH excluding ortho intramolecular Hbond substituents is 1. The molecule has 2 heterocycles. The van der Waals surface area contributed by atoms with Crippen LogP contribution in [-0.2, 0) is 18.3 Å². The topological polar surface area (TPSA) is 91.0 Å². The number of para-hydroxylation sites is 2. The van der Waals surface area contributed by atoms with E-state index in [-0.39, 0.29) is 24.0 Å². The fourth-order valence-electron chi connectivity index (χ4n) is 3.31. The molecule has 3 rings (SSSR count). The molecule has 1 aromatic heterocycles. The number of piperazine rings is 1. The van der Waals surface area contributed by atoms with Gasteiger partial charge < -0.3 is 29.5 Å². The summed E-state index contributed by atoms with van der Waals surface area (Å²) in [6, 6.07) is 7.49. The molecular weight excluding hydrogens is 497 g/mol. The Labute approximate surface area is 195 Å². The molecule has 0 radical (unpaired) electrons. The van der Waals surface area contributed by atoms with Crippen LogP contribution in [0, 0.1) is 6.92 Å². The minimum Gasteiger partial charge on any atom is -0.506 e. The number of benzene rings is 1. The first-order valence-electron chi connectivity index (χ1n) is 10.00. The van der Waals surface area contributed by atoms with Crippen molar-refractivity contribution in [2.24, 2.45) is 12.0 Å². The second kappa shape index (κ2) is 11.9. The van der Waals surface area contributed by atoms with Gasteiger partial charge in [-0.15, -0.1) is 34.2 Å². The summed E-state index contributed by atoms with van der Waals surface area (Å²) in [5.41, 5.74) is 0.883. The molecule has 30 heavy (non-hydrogen) atoms. The number of halogens is 1. The molecule has 1 aliphatic rings. The van der Waals surface area contributed by atoms with Crippen molar-refractivity contribution < 1.29 is 9.84 Å². The molecule has 166 valence electrons. The molecule has 0 aliphatic carbocycles. The van der Waals surface area contributed by atoms with Crippen molar-refractivity contribution >= 4 is 35.6 Å². The van der Waals surface area contributed by atoms with Gasteiger partial charge in [0, 0.05) is 53.5 Å². The molecule has 0 spiro atoms. The van der Waals surface area contributed by atoms with Gasteiger partial charge in [-0.25, -0.2) is 4.99 Å². The fourth-order valence-corrected chi connectivity index (χ4v) is 3.31. The van der Waals surface area contributed by atoms with Crippen LogP contribution in [0.2, 0.25) is 0 Å². The molecule has 0 bridgehead atoms. The van der Waals surface area contributed by atoms with Crippen molar-refractivity contribution in [2.75, 3.05) is 51.3 Å². The van der Waals surface area contributed by atoms with Gasteiger partial charge in [0.15, 0.2) is 11.8 Å². The number of nitrogens with zero attached hydrogens (tertiary/aromatic N) is 6. The third kappa shape index (κ3) is 6.21. The van der Waals surface area contributed by atoms with Gasteiger partial charge in [0.05, 0.1) is 5.69 Å². The van der Waals surface area contributed by atoms with E-state index in [2.05, 4.69) is 25.3 Å². The maximum absolute atomic E-state index is 10.1. The van der Waals surface area contributed by atoms with E-state index in [4.69, 9.17) is 9.73 Å². The van der Waals surface area contributed by atoms with E-state index in [9.17, 15) is 5.11 Å². The van der Waals surface area contributed by atoms with E-state index >= 15 is 0 Å². The zero-order chi connectivity index (χ0) is 20.6. The molecule has 1 aromatic carbocycles. The fraction of sp³-hybridized carbons (Fsp3) is 0.550. The zero-order valence-corrected chi connectivity index (χ0v) is 20.2. The second-order valence-electron chi connectivity index (χ2n) is 7.10. The first-order chi connectivity index (χ1) is 14.1. The van der Waals surface area contributed by atoms with Crippen LogP contribution < -0.4 is 10.2 Å². The highest BCUT2D eigenvalue weighted by molar-refractivity contribution is 14.0. The summed E-state index contributed by atoms with van der Waals surface area (Å²) in [6.07, 6.45) is 0.913. The lowest BCUT2D eigenvalue weighted by molar-refractivity contribution is 0.195. The Bertz CT molecular complexity index is 819. The van der Waals surface area contributed by atoms with Crippen LogP contribution in [0.1, 0.15) is 18.1 Å². The predicted molar refractivity (Wildman–Crippen MR) is 129 cm³/mol. The number of hydrogen-bond acceptors (Lipinski definition) is 6. The lowest BCUT2D eigenvalue weighted by Gasteiger charge is -2.38. The van der Waals surface area contributed by atoms with E-state index in [1.54, 1.807) is 13.2 Å². The van der Waals surface area contributed by atoms with E-state index in [1.807, 2.05) is 36.7 Å². The molecule has 2 aromatic rings. The number of guanidine groups is 1. The van der Waals surface area contributed by atoms with E-state index < -0.39 is 0 Å². The minimum atomic E-state index is 0. The van der Waals surface area contributed by atoms with Gasteiger partial charge in [-0.05, 0) is 25.5 Å². The number of ether oxygens (including phenoxy) is 1. The molecule has 1 aliphatic heterocycles. The first kappa shape index (κ1) is 24.2. The number of methoxy groups -OCH3 is 1. The van der Waals surface area contributed by atoms with Gasteiger partial charge >= 0.3 is 0 Å². The Morgan fingerprint density at radius 1 is 1.20 bits per heavy atom. The molecular formula is C20H32IN7O2. The summed E-state index contributed by atoms with van der Waals surface area (Å²) in [5.74, 6) is 2.91. The normalized spacial score (nSPS) is 14.6. The molecule has 0 unspecified atom stereocenters. The number of aryl methyl sites for hydroxylation is 1. The number of aromatic hydroxyl groups is 1. The van der Waals surface area contributed by atoms with Crippen LogP contribution in [0.25, 0.3) is 0 Å². The van der Waals surface area contributed by atoms with Crippen LogP contribution in [0.3, 0.4) is 0 Å². The van der Waals surface area contributed by atoms with Gasteiger partial charge in [0.2, 0.25) is 0 Å². The molecule has 1 saturated heterocycles. The Morgan fingerprint density at radius 3 is 2.57 bits per heavy atom. The summed E-state index contributed by atoms with van der Waals surface area (Å²) in [7, 11) is 3.67. The molecule has 0 atom stereocenters. The van der Waals surface area contributed by atoms with Crippen LogP contribution in [0.15, 0.2) is 29.3 Å². The Kier molecular flexibility index (Phi) is 9.63. The van der Waals surface area contributed by atoms with Gasteiger partial charge in [-0.3, -0.25) is 0 Å². The van der Waals surface area contributed by atoms with Crippen LogP contribution in [0.4, 0.5) is 5.69 Å². The number of anilines is 1. The third-order valence-corrected chi connectivity index (χ3v) is 5.16. The standard InChI is InChI=1S/C20H31N7O2.HI/c1-16-23-24-19(25(16)2)15-22-20(21-9-6-14-29-3)27-12-10-26(11-13-27)17-7-4-5-8-18(17)28;/h4-5,7-8,28H,6,9-15H2,1-3H3,(H,21,22);1H. The number of aromatic nitrogens is 3. The largest absolute Gasteiger partial charge is 0.506 e. The quantitative estimate of drug-likeness (QED) is 0.245. The van der Waals surface area contributed by atoms with Crippen molar-refractivity contribution in [1.82, 2.24) is 25.0 Å². The molecule has 1 fully saturated rings. The summed E-state index contributed by atoms with van der Waals surface area (Å²) < 4.78 is 7.11. The van der Waals surface area contributed by atoms with Gasteiger partial charge in [-0.1, -0.05) is 12.1 Å². The number of hydrogen-bond donors (Lipinski definition) is 2. The SMILES string of the molecule is COCCCNC(=NCc1nnc(C)n1C)N1CCN(c2ccccc2O)CC1.I. The smallest absolute Gasteiger partial charge is 0.194 e. The number of phenols is 1. The average Bonchev–Trinajstić information content (AvgIpc) is 3.06. The summed E-state index contributed by atoms with van der Waals surface area (Å²) in [4.78, 5) is 9.27. The van der Waals surface area contributed by atoms with E-state index in [0.29, 0.717) is 18.9 Å². The van der Waals surface area contributed by atoms with Crippen molar-refractivity contribution in [2.45, 2.75) is 19.9 Å². The van der Waals surface area contributed by atoms with Gasteiger partial charge in [-0.2, -0.15) is 0 Å². The first-order valence-corrected chi connectivity index (χ1v) is 10.00. The molecule has 0 amide bonds. The number of aliphatic imine (C=N–C) groups is 1. The third-order valence-electron chi connectivity index (χ3n) is 5.16. The van der Waals surface area contributed by atoms with Gasteiger partial charge in [0.1, 0.15) is 18.1 Å². The number of nitrogens with one attached hydrogen (secondary N) is 1. The van der Waals surface area contributed by atoms with Gasteiger partial charge in [0.25, 0.3) is 0 Å². The average molecular weight is 529 g/mol. The molecule has 2 N–H and O–H groups in total. The summed E-state index contributed by atoms with van der Waals surface area (Å²) >= 11 is 0. The summed E-state index contributed by atoms with van der Waals surface area (Å²) in [6.45, 7) is 7.20. The van der Waals surface area contributed by atoms with Crippen LogP contribution >= 0.6 is 24.0 Å². The predicted octanol–water partition coefficient (Wildman–Crippen LogP) is 1.75. The highest BCUT2D eigenvalue weighted by atomic mass is 127. The Balaban J connectivity index is 0.00000320. The maximum atomic E-state index is 10.1. The molecule has 9 nitrogen and oxygen atoms in total.